The molecule has 0 aliphatic rings. The predicted molar refractivity (Wildman–Crippen MR) is 92.0 cm³/mol. The highest BCUT2D eigenvalue weighted by Crippen LogP contribution is 2.28. The van der Waals surface area contributed by atoms with Gasteiger partial charge in [0.05, 0.1) is 12.4 Å². The van der Waals surface area contributed by atoms with Crippen molar-refractivity contribution in [2.24, 2.45) is 0 Å². The van der Waals surface area contributed by atoms with Crippen LogP contribution in [0, 0.1) is 0 Å². The van der Waals surface area contributed by atoms with Crippen molar-refractivity contribution in [2.75, 3.05) is 24.7 Å². The number of carboxylic acid groups (broad SMARTS) is 1. The van der Waals surface area contributed by atoms with Gasteiger partial charge >= 0.3 is 5.97 Å². The minimum Gasteiger partial charge on any atom is -0.490 e. The van der Waals surface area contributed by atoms with Gasteiger partial charge in [0.25, 0.3) is 5.91 Å². The number of carbonyl (C=O) groups excluding carboxylic acids is 1. The van der Waals surface area contributed by atoms with Gasteiger partial charge < -0.3 is 19.9 Å². The van der Waals surface area contributed by atoms with Gasteiger partial charge in [-0.15, -0.1) is 0 Å². The van der Waals surface area contributed by atoms with Crippen molar-refractivity contribution in [3.63, 3.8) is 0 Å². The fraction of sp³-hybridized carbons (Fsp3) is 0.500. The number of hydrogen-bond donors (Lipinski definition) is 2. The fourth-order valence-electron chi connectivity index (χ4n) is 2.02. The molecule has 8 nitrogen and oxygen atoms in total. The summed E-state index contributed by atoms with van der Waals surface area (Å²) < 4.78 is 33.7. The van der Waals surface area contributed by atoms with E-state index in [1.54, 1.807) is 20.8 Å². The van der Waals surface area contributed by atoms with Gasteiger partial charge in [0, 0.05) is 17.4 Å². The monoisotopic (exact) mass is 373 g/mol. The van der Waals surface area contributed by atoms with Crippen LogP contribution in [0.25, 0.3) is 0 Å². The highest BCUT2D eigenvalue weighted by Gasteiger charge is 2.18. The predicted octanol–water partition coefficient (Wildman–Crippen LogP) is 1.10. The van der Waals surface area contributed by atoms with Gasteiger partial charge in [-0.25, -0.2) is 13.2 Å². The molecule has 0 bridgehead atoms. The number of amides is 1. The maximum Gasteiger partial charge on any atom is 0.341 e. The highest BCUT2D eigenvalue weighted by molar-refractivity contribution is 7.91. The van der Waals surface area contributed by atoms with Crippen molar-refractivity contribution in [2.45, 2.75) is 26.8 Å². The van der Waals surface area contributed by atoms with E-state index in [2.05, 4.69) is 5.32 Å². The van der Waals surface area contributed by atoms with Crippen molar-refractivity contribution < 1.29 is 32.6 Å². The van der Waals surface area contributed by atoms with Gasteiger partial charge in [-0.3, -0.25) is 4.79 Å². The molecule has 140 valence electrons. The van der Waals surface area contributed by atoms with Crippen LogP contribution < -0.4 is 14.8 Å². The van der Waals surface area contributed by atoms with E-state index in [1.165, 1.54) is 18.2 Å². The van der Waals surface area contributed by atoms with Gasteiger partial charge in [-0.05, 0) is 32.0 Å². The number of carboxylic acids is 1. The molecule has 0 fully saturated rings. The molecule has 2 N–H and O–H groups in total. The summed E-state index contributed by atoms with van der Waals surface area (Å²) in [5.41, 5.74) is 0.256. The minimum atomic E-state index is -3.20. The smallest absolute Gasteiger partial charge is 0.341 e. The number of benzene rings is 1. The molecule has 1 aromatic rings. The first-order valence-corrected chi connectivity index (χ1v) is 9.63. The van der Waals surface area contributed by atoms with Gasteiger partial charge in [-0.2, -0.15) is 0 Å². The molecular formula is C16H23NO7S. The van der Waals surface area contributed by atoms with E-state index in [0.29, 0.717) is 6.61 Å². The molecule has 1 rings (SSSR count). The number of nitrogens with one attached hydrogen (secondary N) is 1. The fourth-order valence-corrected chi connectivity index (χ4v) is 3.10. The van der Waals surface area contributed by atoms with Crippen LogP contribution >= 0.6 is 0 Å². The first-order chi connectivity index (χ1) is 11.7. The molecular weight excluding hydrogens is 350 g/mol. The second-order valence-corrected chi connectivity index (χ2v) is 7.75. The van der Waals surface area contributed by atoms with Crippen molar-refractivity contribution in [3.05, 3.63) is 23.8 Å². The number of hydrogen-bond acceptors (Lipinski definition) is 6. The number of aliphatic carboxylic acids is 1. The first kappa shape index (κ1) is 20.8. The lowest BCUT2D eigenvalue weighted by molar-refractivity contribution is -0.139. The molecule has 1 unspecified atom stereocenters. The molecule has 1 atom stereocenters. The molecule has 0 aromatic heterocycles. The second kappa shape index (κ2) is 9.26. The van der Waals surface area contributed by atoms with Crippen LogP contribution in [0.15, 0.2) is 18.2 Å². The van der Waals surface area contributed by atoms with E-state index < -0.39 is 34.4 Å². The van der Waals surface area contributed by atoms with Gasteiger partial charge in [-0.1, -0.05) is 6.92 Å². The topological polar surface area (TPSA) is 119 Å². The zero-order valence-corrected chi connectivity index (χ0v) is 15.3. The Labute approximate surface area is 147 Å². The lowest BCUT2D eigenvalue weighted by Gasteiger charge is -2.15. The Morgan fingerprint density at radius 3 is 2.44 bits per heavy atom. The molecule has 1 amide bonds. The third-order valence-electron chi connectivity index (χ3n) is 3.18. The van der Waals surface area contributed by atoms with Gasteiger partial charge in [0.15, 0.2) is 27.9 Å². The Hall–Kier alpha value is -2.29. The SMILES string of the molecule is CCOc1cc(C(=O)NC(C)CS(=O)(=O)CC)ccc1OCC(=O)O. The van der Waals surface area contributed by atoms with Crippen LogP contribution in [0.3, 0.4) is 0 Å². The Kier molecular flexibility index (Phi) is 7.69. The number of sulfone groups is 1. The van der Waals surface area contributed by atoms with E-state index in [4.69, 9.17) is 14.6 Å². The van der Waals surface area contributed by atoms with Crippen LogP contribution in [0.5, 0.6) is 11.5 Å². The number of rotatable bonds is 10. The molecule has 9 heteroatoms. The molecule has 0 heterocycles. The lowest BCUT2D eigenvalue weighted by atomic mass is 10.1. The zero-order chi connectivity index (χ0) is 19.0. The summed E-state index contributed by atoms with van der Waals surface area (Å²) >= 11 is 0. The van der Waals surface area contributed by atoms with Crippen molar-refractivity contribution in [3.8, 4) is 11.5 Å². The molecule has 0 saturated heterocycles. The van der Waals surface area contributed by atoms with Crippen LogP contribution in [0.4, 0.5) is 0 Å². The van der Waals surface area contributed by atoms with E-state index in [-0.39, 0.29) is 28.6 Å². The summed E-state index contributed by atoms with van der Waals surface area (Å²) in [7, 11) is -3.20. The Morgan fingerprint density at radius 1 is 1.20 bits per heavy atom. The standard InChI is InChI=1S/C16H23NO7S/c1-4-23-14-8-12(6-7-13(14)24-9-15(18)19)16(20)17-11(3)10-25(21,22)5-2/h6-8,11H,4-5,9-10H2,1-3H3,(H,17,20)(H,18,19). The molecule has 0 saturated carbocycles. The Bertz CT molecular complexity index is 715. The molecule has 0 radical (unpaired) electrons. The van der Waals surface area contributed by atoms with Crippen LogP contribution in [0.1, 0.15) is 31.1 Å². The molecule has 1 aromatic carbocycles. The Balaban J connectivity index is 2.88. The quantitative estimate of drug-likeness (QED) is 0.630. The molecule has 25 heavy (non-hydrogen) atoms. The summed E-state index contributed by atoms with van der Waals surface area (Å²) in [5, 5.41) is 11.3. The number of carbonyl (C=O) groups is 2. The molecule has 0 spiro atoms. The lowest BCUT2D eigenvalue weighted by Crippen LogP contribution is -2.38. The third-order valence-corrected chi connectivity index (χ3v) is 5.07. The molecule has 0 aliphatic heterocycles. The highest BCUT2D eigenvalue weighted by atomic mass is 32.2. The van der Waals surface area contributed by atoms with Crippen LogP contribution in [-0.2, 0) is 14.6 Å². The van der Waals surface area contributed by atoms with Crippen LogP contribution in [0.2, 0.25) is 0 Å². The summed E-state index contributed by atoms with van der Waals surface area (Å²) in [6, 6.07) is 3.78. The normalized spacial score (nSPS) is 12.3. The number of ether oxygens (including phenoxy) is 2. The maximum absolute atomic E-state index is 12.3. The van der Waals surface area contributed by atoms with Gasteiger partial charge in [0.2, 0.25) is 0 Å². The summed E-state index contributed by atoms with van der Waals surface area (Å²) in [4.78, 5) is 22.9. The summed E-state index contributed by atoms with van der Waals surface area (Å²) in [6.45, 7) is 4.68. The maximum atomic E-state index is 12.3. The van der Waals surface area contributed by atoms with E-state index >= 15 is 0 Å². The minimum absolute atomic E-state index is 0.0112. The molecule has 0 aliphatic carbocycles. The van der Waals surface area contributed by atoms with Crippen molar-refractivity contribution in [1.82, 2.24) is 5.32 Å². The second-order valence-electron chi connectivity index (χ2n) is 5.35. The van der Waals surface area contributed by atoms with Crippen molar-refractivity contribution in [1.29, 1.82) is 0 Å². The third kappa shape index (κ3) is 7.00. The van der Waals surface area contributed by atoms with E-state index in [9.17, 15) is 18.0 Å². The van der Waals surface area contributed by atoms with Crippen LogP contribution in [-0.4, -0.2) is 56.2 Å². The first-order valence-electron chi connectivity index (χ1n) is 7.81. The zero-order valence-electron chi connectivity index (χ0n) is 14.4. The summed E-state index contributed by atoms with van der Waals surface area (Å²) in [6.07, 6.45) is 0. The average Bonchev–Trinajstić information content (AvgIpc) is 2.53. The summed E-state index contributed by atoms with van der Waals surface area (Å²) in [5.74, 6) is -1.27. The average molecular weight is 373 g/mol. The van der Waals surface area contributed by atoms with E-state index in [0.717, 1.165) is 0 Å². The van der Waals surface area contributed by atoms with Crippen molar-refractivity contribution >= 4 is 21.7 Å². The largest absolute Gasteiger partial charge is 0.490 e. The van der Waals surface area contributed by atoms with E-state index in [1.807, 2.05) is 0 Å². The Morgan fingerprint density at radius 2 is 1.88 bits per heavy atom. The van der Waals surface area contributed by atoms with Gasteiger partial charge in [0.1, 0.15) is 0 Å².